The van der Waals surface area contributed by atoms with Gasteiger partial charge in [0.2, 0.25) is 0 Å². The summed E-state index contributed by atoms with van der Waals surface area (Å²) in [6.45, 7) is 3.11. The summed E-state index contributed by atoms with van der Waals surface area (Å²) in [5, 5.41) is 0. The fourth-order valence-corrected chi connectivity index (χ4v) is 4.05. The molecule has 0 saturated carbocycles. The number of amides is 1. The quantitative estimate of drug-likeness (QED) is 0.844. The van der Waals surface area contributed by atoms with Gasteiger partial charge in [0.05, 0.1) is 24.0 Å². The molecule has 0 radical (unpaired) electrons. The van der Waals surface area contributed by atoms with Crippen LogP contribution in [0.4, 0.5) is 0 Å². The second-order valence-corrected chi connectivity index (χ2v) is 7.43. The predicted octanol–water partition coefficient (Wildman–Crippen LogP) is 2.57. The largest absolute Gasteiger partial charge is 0.472 e. The molecular formula is C20H25N3O3. The lowest BCUT2D eigenvalue weighted by molar-refractivity contribution is -0.0393. The van der Waals surface area contributed by atoms with Crippen LogP contribution in [0.1, 0.15) is 35.2 Å². The number of likely N-dealkylation sites (N-methyl/N-ethyl adjacent to an activating group) is 1. The number of piperidine rings is 1. The molecule has 0 N–H and O–H groups in total. The fraction of sp³-hybridized carbons (Fsp3) is 0.500. The molecule has 1 spiro atoms. The van der Waals surface area contributed by atoms with Crippen molar-refractivity contribution in [2.24, 2.45) is 0 Å². The lowest BCUT2D eigenvalue weighted by Crippen LogP contribution is -2.47. The second kappa shape index (κ2) is 7.21. The standard InChI is InChI=1S/C20H25N3O3/c1-22(13-16-3-2-7-21-12-16)18-11-20(26-15-18)5-8-23(9-6-20)19(24)17-4-10-25-14-17/h2-4,7,10,12,14,18H,5-6,8-9,11,13,15H2,1H3/t18-/m1/s1. The van der Waals surface area contributed by atoms with Gasteiger partial charge in [-0.2, -0.15) is 0 Å². The summed E-state index contributed by atoms with van der Waals surface area (Å²) >= 11 is 0. The van der Waals surface area contributed by atoms with Crippen molar-refractivity contribution < 1.29 is 13.9 Å². The summed E-state index contributed by atoms with van der Waals surface area (Å²) in [4.78, 5) is 20.9. The van der Waals surface area contributed by atoms with Crippen LogP contribution in [-0.2, 0) is 11.3 Å². The summed E-state index contributed by atoms with van der Waals surface area (Å²) in [5.41, 5.74) is 1.76. The number of pyridine rings is 1. The van der Waals surface area contributed by atoms with Gasteiger partial charge in [-0.05, 0) is 44.0 Å². The number of likely N-dealkylation sites (tertiary alicyclic amines) is 1. The zero-order chi connectivity index (χ0) is 18.0. The minimum Gasteiger partial charge on any atom is -0.472 e. The summed E-state index contributed by atoms with van der Waals surface area (Å²) in [6, 6.07) is 6.21. The first-order valence-corrected chi connectivity index (χ1v) is 9.20. The average molecular weight is 355 g/mol. The molecule has 6 nitrogen and oxygen atoms in total. The first-order valence-electron chi connectivity index (χ1n) is 9.20. The van der Waals surface area contributed by atoms with E-state index in [1.165, 1.54) is 11.8 Å². The molecule has 2 saturated heterocycles. The number of carbonyl (C=O) groups is 1. The van der Waals surface area contributed by atoms with Gasteiger partial charge in [-0.25, -0.2) is 0 Å². The number of nitrogens with zero attached hydrogens (tertiary/aromatic N) is 3. The van der Waals surface area contributed by atoms with Crippen molar-refractivity contribution in [2.45, 2.75) is 37.5 Å². The van der Waals surface area contributed by atoms with Gasteiger partial charge in [0.25, 0.3) is 5.91 Å². The third-order valence-corrected chi connectivity index (χ3v) is 5.70. The minimum absolute atomic E-state index is 0.0526. The smallest absolute Gasteiger partial charge is 0.257 e. The van der Waals surface area contributed by atoms with Crippen molar-refractivity contribution in [3.8, 4) is 0 Å². The van der Waals surface area contributed by atoms with Crippen molar-refractivity contribution in [1.82, 2.24) is 14.8 Å². The summed E-state index contributed by atoms with van der Waals surface area (Å²) < 4.78 is 11.3. The highest BCUT2D eigenvalue weighted by Crippen LogP contribution is 2.38. The highest BCUT2D eigenvalue weighted by atomic mass is 16.5. The molecule has 4 rings (SSSR count). The zero-order valence-corrected chi connectivity index (χ0v) is 15.1. The maximum atomic E-state index is 12.5. The van der Waals surface area contributed by atoms with Gasteiger partial charge in [0, 0.05) is 38.1 Å². The molecule has 2 aromatic rings. The van der Waals surface area contributed by atoms with Gasteiger partial charge < -0.3 is 14.1 Å². The molecule has 2 fully saturated rings. The Labute approximate surface area is 153 Å². The van der Waals surface area contributed by atoms with Crippen LogP contribution < -0.4 is 0 Å². The molecule has 0 bridgehead atoms. The molecule has 0 aromatic carbocycles. The van der Waals surface area contributed by atoms with E-state index in [9.17, 15) is 4.79 Å². The Morgan fingerprint density at radius 1 is 1.38 bits per heavy atom. The Balaban J connectivity index is 1.32. The summed E-state index contributed by atoms with van der Waals surface area (Å²) in [7, 11) is 2.15. The molecule has 0 aliphatic carbocycles. The number of hydrogen-bond donors (Lipinski definition) is 0. The Bertz CT molecular complexity index is 724. The van der Waals surface area contributed by atoms with E-state index in [2.05, 4.69) is 23.0 Å². The summed E-state index contributed by atoms with van der Waals surface area (Å²) in [6.07, 6.45) is 9.60. The molecule has 2 aliphatic rings. The maximum absolute atomic E-state index is 12.5. The van der Waals surface area contributed by atoms with Crippen LogP contribution in [0.15, 0.2) is 47.5 Å². The van der Waals surface area contributed by atoms with E-state index in [-0.39, 0.29) is 11.5 Å². The summed E-state index contributed by atoms with van der Waals surface area (Å²) in [5.74, 6) is 0.0526. The number of hydrogen-bond acceptors (Lipinski definition) is 5. The normalized spacial score (nSPS) is 22.2. The number of carbonyl (C=O) groups excluding carboxylic acids is 1. The van der Waals surface area contributed by atoms with Gasteiger partial charge >= 0.3 is 0 Å². The van der Waals surface area contributed by atoms with E-state index in [1.807, 2.05) is 17.2 Å². The topological polar surface area (TPSA) is 58.8 Å². The van der Waals surface area contributed by atoms with Crippen molar-refractivity contribution in [3.63, 3.8) is 0 Å². The van der Waals surface area contributed by atoms with Crippen LogP contribution in [0.3, 0.4) is 0 Å². The lowest BCUT2D eigenvalue weighted by Gasteiger charge is -2.38. The first-order chi connectivity index (χ1) is 12.7. The van der Waals surface area contributed by atoms with Crippen LogP contribution in [0.2, 0.25) is 0 Å². The highest BCUT2D eigenvalue weighted by Gasteiger charge is 2.44. The number of rotatable bonds is 4. The van der Waals surface area contributed by atoms with Crippen LogP contribution >= 0.6 is 0 Å². The molecule has 2 aromatic heterocycles. The van der Waals surface area contributed by atoms with Gasteiger partial charge in [-0.1, -0.05) is 6.07 Å². The molecule has 0 unspecified atom stereocenters. The van der Waals surface area contributed by atoms with E-state index in [0.717, 1.165) is 45.5 Å². The first kappa shape index (κ1) is 17.2. The minimum atomic E-state index is -0.0823. The van der Waals surface area contributed by atoms with Gasteiger partial charge in [0.1, 0.15) is 6.26 Å². The third kappa shape index (κ3) is 3.52. The lowest BCUT2D eigenvalue weighted by atomic mass is 9.87. The highest BCUT2D eigenvalue weighted by molar-refractivity contribution is 5.93. The molecule has 138 valence electrons. The third-order valence-electron chi connectivity index (χ3n) is 5.70. The zero-order valence-electron chi connectivity index (χ0n) is 15.1. The molecule has 1 amide bonds. The van der Waals surface area contributed by atoms with E-state index in [4.69, 9.17) is 9.15 Å². The molecular weight excluding hydrogens is 330 g/mol. The van der Waals surface area contributed by atoms with Crippen LogP contribution in [0.5, 0.6) is 0 Å². The van der Waals surface area contributed by atoms with Crippen molar-refractivity contribution in [1.29, 1.82) is 0 Å². The molecule has 26 heavy (non-hydrogen) atoms. The second-order valence-electron chi connectivity index (χ2n) is 7.43. The predicted molar refractivity (Wildman–Crippen MR) is 96.6 cm³/mol. The van der Waals surface area contributed by atoms with Gasteiger partial charge in [0.15, 0.2) is 0 Å². The van der Waals surface area contributed by atoms with Crippen LogP contribution in [0, 0.1) is 0 Å². The Hall–Kier alpha value is -2.18. The fourth-order valence-electron chi connectivity index (χ4n) is 4.05. The Kier molecular flexibility index (Phi) is 4.78. The Morgan fingerprint density at radius 3 is 2.92 bits per heavy atom. The maximum Gasteiger partial charge on any atom is 0.257 e. The number of ether oxygens (including phenoxy) is 1. The van der Waals surface area contributed by atoms with Crippen LogP contribution in [-0.4, -0.2) is 59.1 Å². The van der Waals surface area contributed by atoms with E-state index < -0.39 is 0 Å². The van der Waals surface area contributed by atoms with Crippen molar-refractivity contribution in [2.75, 3.05) is 26.7 Å². The van der Waals surface area contributed by atoms with Crippen LogP contribution in [0.25, 0.3) is 0 Å². The Morgan fingerprint density at radius 2 is 2.23 bits per heavy atom. The molecule has 2 aliphatic heterocycles. The molecule has 4 heterocycles. The molecule has 1 atom stereocenters. The average Bonchev–Trinajstić information content (AvgIpc) is 3.33. The van der Waals surface area contributed by atoms with E-state index in [0.29, 0.717) is 11.6 Å². The number of furan rings is 1. The van der Waals surface area contributed by atoms with Crippen molar-refractivity contribution in [3.05, 3.63) is 54.2 Å². The van der Waals surface area contributed by atoms with E-state index in [1.54, 1.807) is 18.5 Å². The van der Waals surface area contributed by atoms with Crippen molar-refractivity contribution >= 4 is 5.91 Å². The monoisotopic (exact) mass is 355 g/mol. The van der Waals surface area contributed by atoms with E-state index >= 15 is 0 Å². The molecule has 6 heteroatoms. The number of aromatic nitrogens is 1. The SMILES string of the molecule is CN(Cc1cccnc1)[C@H]1COC2(CCN(C(=O)c3ccoc3)CC2)C1. The van der Waals surface area contributed by atoms with Gasteiger partial charge in [-0.3, -0.25) is 14.7 Å². The van der Waals surface area contributed by atoms with Gasteiger partial charge in [-0.15, -0.1) is 0 Å².